The van der Waals surface area contributed by atoms with Crippen molar-refractivity contribution in [1.82, 2.24) is 10.3 Å². The van der Waals surface area contributed by atoms with Crippen LogP contribution in [0.5, 0.6) is 17.4 Å². The van der Waals surface area contributed by atoms with E-state index in [1.165, 1.54) is 5.56 Å². The Morgan fingerprint density at radius 3 is 2.78 bits per heavy atom. The van der Waals surface area contributed by atoms with Gasteiger partial charge in [0.15, 0.2) is 11.5 Å². The van der Waals surface area contributed by atoms with Crippen LogP contribution in [0.2, 0.25) is 0 Å². The minimum absolute atomic E-state index is 0.326. The summed E-state index contributed by atoms with van der Waals surface area (Å²) in [6, 6.07) is 10.5. The number of benzene rings is 1. The van der Waals surface area contributed by atoms with E-state index < -0.39 is 0 Å². The number of nitrogens with one attached hydrogen (secondary N) is 1. The van der Waals surface area contributed by atoms with Crippen LogP contribution in [0.25, 0.3) is 0 Å². The number of nitrogens with zero attached hydrogens (tertiary/aromatic N) is 1. The number of ether oxygens (including phenoxy) is 3. The van der Waals surface area contributed by atoms with E-state index in [1.54, 1.807) is 7.11 Å². The SMILES string of the molecule is COc1ccc(CNC(C)CCc2ccc3c(c2)OCO3)cn1. The number of aryl methyl sites for hydroxylation is 1. The minimum Gasteiger partial charge on any atom is -0.481 e. The Morgan fingerprint density at radius 2 is 2.00 bits per heavy atom. The fourth-order valence-corrected chi connectivity index (χ4v) is 2.51. The topological polar surface area (TPSA) is 52.6 Å². The molecule has 0 saturated carbocycles. The van der Waals surface area contributed by atoms with E-state index >= 15 is 0 Å². The summed E-state index contributed by atoms with van der Waals surface area (Å²) in [5, 5.41) is 3.52. The van der Waals surface area contributed by atoms with Crippen molar-refractivity contribution in [2.24, 2.45) is 0 Å². The molecule has 2 aromatic rings. The molecule has 1 aliphatic heterocycles. The molecule has 23 heavy (non-hydrogen) atoms. The van der Waals surface area contributed by atoms with Gasteiger partial charge in [0.2, 0.25) is 12.7 Å². The van der Waals surface area contributed by atoms with Gasteiger partial charge in [-0.3, -0.25) is 0 Å². The van der Waals surface area contributed by atoms with Crippen LogP contribution in [-0.4, -0.2) is 24.9 Å². The standard InChI is InChI=1S/C18H22N2O3/c1-13(19-10-15-6-8-18(21-2)20-11-15)3-4-14-5-7-16-17(9-14)23-12-22-16/h5-9,11,13,19H,3-4,10,12H2,1-2H3. The van der Waals surface area contributed by atoms with Gasteiger partial charge in [-0.2, -0.15) is 0 Å². The predicted octanol–water partition coefficient (Wildman–Crippen LogP) is 2.93. The first-order chi connectivity index (χ1) is 11.2. The van der Waals surface area contributed by atoms with Gasteiger partial charge in [-0.15, -0.1) is 0 Å². The molecule has 1 atom stereocenters. The van der Waals surface area contributed by atoms with Crippen LogP contribution < -0.4 is 19.5 Å². The second-order valence-corrected chi connectivity index (χ2v) is 5.72. The van der Waals surface area contributed by atoms with Gasteiger partial charge < -0.3 is 19.5 Å². The zero-order valence-electron chi connectivity index (χ0n) is 13.5. The predicted molar refractivity (Wildman–Crippen MR) is 88.0 cm³/mol. The molecule has 0 spiro atoms. The fourth-order valence-electron chi connectivity index (χ4n) is 2.51. The van der Waals surface area contributed by atoms with Crippen LogP contribution in [0.15, 0.2) is 36.5 Å². The Kier molecular flexibility index (Phi) is 4.98. The van der Waals surface area contributed by atoms with Gasteiger partial charge in [0.25, 0.3) is 0 Å². The maximum Gasteiger partial charge on any atom is 0.231 e. The maximum absolute atomic E-state index is 5.42. The highest BCUT2D eigenvalue weighted by molar-refractivity contribution is 5.44. The number of hydrogen-bond acceptors (Lipinski definition) is 5. The molecule has 5 nitrogen and oxygen atoms in total. The molecule has 0 amide bonds. The van der Waals surface area contributed by atoms with Crippen LogP contribution in [0.1, 0.15) is 24.5 Å². The molecule has 0 bridgehead atoms. The van der Waals surface area contributed by atoms with Gasteiger partial charge >= 0.3 is 0 Å². The third-order valence-corrected chi connectivity index (χ3v) is 3.96. The first kappa shape index (κ1) is 15.6. The van der Waals surface area contributed by atoms with E-state index in [1.807, 2.05) is 24.4 Å². The van der Waals surface area contributed by atoms with E-state index in [0.717, 1.165) is 36.4 Å². The molecule has 1 aromatic carbocycles. The van der Waals surface area contributed by atoms with Crippen LogP contribution >= 0.6 is 0 Å². The van der Waals surface area contributed by atoms with Crippen molar-refractivity contribution in [3.63, 3.8) is 0 Å². The molecule has 1 aliphatic rings. The van der Waals surface area contributed by atoms with Gasteiger partial charge in [-0.05, 0) is 43.0 Å². The zero-order valence-corrected chi connectivity index (χ0v) is 13.5. The quantitative estimate of drug-likeness (QED) is 0.851. The largest absolute Gasteiger partial charge is 0.481 e. The van der Waals surface area contributed by atoms with Crippen LogP contribution in [0, 0.1) is 0 Å². The van der Waals surface area contributed by atoms with E-state index in [0.29, 0.717) is 18.7 Å². The highest BCUT2D eigenvalue weighted by atomic mass is 16.7. The second-order valence-electron chi connectivity index (χ2n) is 5.72. The number of methoxy groups -OCH3 is 1. The lowest BCUT2D eigenvalue weighted by molar-refractivity contribution is 0.174. The third-order valence-electron chi connectivity index (χ3n) is 3.96. The molecule has 0 fully saturated rings. The maximum atomic E-state index is 5.42. The number of pyridine rings is 1. The number of aromatic nitrogens is 1. The van der Waals surface area contributed by atoms with Gasteiger partial charge in [0, 0.05) is 24.8 Å². The number of hydrogen-bond donors (Lipinski definition) is 1. The van der Waals surface area contributed by atoms with Crippen molar-refractivity contribution in [3.05, 3.63) is 47.7 Å². The number of rotatable bonds is 7. The van der Waals surface area contributed by atoms with Crippen molar-refractivity contribution < 1.29 is 14.2 Å². The summed E-state index contributed by atoms with van der Waals surface area (Å²) in [5.41, 5.74) is 2.43. The normalized spacial score (nSPS) is 13.8. The molecule has 0 aliphatic carbocycles. The molecule has 1 aromatic heterocycles. The molecule has 1 N–H and O–H groups in total. The Bertz CT molecular complexity index is 643. The summed E-state index contributed by atoms with van der Waals surface area (Å²) < 4.78 is 15.8. The van der Waals surface area contributed by atoms with Crippen molar-refractivity contribution >= 4 is 0 Å². The Labute approximate surface area is 136 Å². The zero-order chi connectivity index (χ0) is 16.1. The molecule has 5 heteroatoms. The summed E-state index contributed by atoms with van der Waals surface area (Å²) >= 11 is 0. The molecular formula is C18H22N2O3. The van der Waals surface area contributed by atoms with E-state index in [9.17, 15) is 0 Å². The lowest BCUT2D eigenvalue weighted by Gasteiger charge is -2.14. The summed E-state index contributed by atoms with van der Waals surface area (Å²) in [6.45, 7) is 3.33. The van der Waals surface area contributed by atoms with Crippen molar-refractivity contribution in [2.45, 2.75) is 32.4 Å². The molecule has 0 saturated heterocycles. The second kappa shape index (κ2) is 7.33. The molecular weight excluding hydrogens is 292 g/mol. The lowest BCUT2D eigenvalue weighted by atomic mass is 10.1. The van der Waals surface area contributed by atoms with Gasteiger partial charge in [-0.1, -0.05) is 12.1 Å². The fraction of sp³-hybridized carbons (Fsp3) is 0.389. The average molecular weight is 314 g/mol. The first-order valence-corrected chi connectivity index (χ1v) is 7.85. The summed E-state index contributed by atoms with van der Waals surface area (Å²) in [4.78, 5) is 4.21. The Balaban J connectivity index is 1.44. The molecule has 122 valence electrons. The minimum atomic E-state index is 0.326. The van der Waals surface area contributed by atoms with Gasteiger partial charge in [0.05, 0.1) is 7.11 Å². The molecule has 1 unspecified atom stereocenters. The van der Waals surface area contributed by atoms with E-state index in [2.05, 4.69) is 29.4 Å². The van der Waals surface area contributed by atoms with E-state index in [4.69, 9.17) is 14.2 Å². The highest BCUT2D eigenvalue weighted by Crippen LogP contribution is 2.32. The number of fused-ring (bicyclic) bond motifs is 1. The summed E-state index contributed by atoms with van der Waals surface area (Å²) in [6.07, 6.45) is 3.91. The highest BCUT2D eigenvalue weighted by Gasteiger charge is 2.13. The van der Waals surface area contributed by atoms with Crippen molar-refractivity contribution in [2.75, 3.05) is 13.9 Å². The summed E-state index contributed by atoms with van der Waals surface area (Å²) in [7, 11) is 1.62. The average Bonchev–Trinajstić information content (AvgIpc) is 3.06. The van der Waals surface area contributed by atoms with E-state index in [-0.39, 0.29) is 0 Å². The van der Waals surface area contributed by atoms with Crippen LogP contribution in [-0.2, 0) is 13.0 Å². The van der Waals surface area contributed by atoms with Crippen LogP contribution in [0.4, 0.5) is 0 Å². The smallest absolute Gasteiger partial charge is 0.231 e. The summed E-state index contributed by atoms with van der Waals surface area (Å²) in [5.74, 6) is 2.34. The Morgan fingerprint density at radius 1 is 1.17 bits per heavy atom. The molecule has 0 radical (unpaired) electrons. The van der Waals surface area contributed by atoms with Crippen molar-refractivity contribution in [3.8, 4) is 17.4 Å². The third kappa shape index (κ3) is 4.13. The van der Waals surface area contributed by atoms with Crippen LogP contribution in [0.3, 0.4) is 0 Å². The van der Waals surface area contributed by atoms with Crippen molar-refractivity contribution in [1.29, 1.82) is 0 Å². The molecule has 3 rings (SSSR count). The van der Waals surface area contributed by atoms with Gasteiger partial charge in [0.1, 0.15) is 0 Å². The van der Waals surface area contributed by atoms with Gasteiger partial charge in [-0.25, -0.2) is 4.98 Å². The lowest BCUT2D eigenvalue weighted by Crippen LogP contribution is -2.26. The monoisotopic (exact) mass is 314 g/mol. The first-order valence-electron chi connectivity index (χ1n) is 7.85. The Hall–Kier alpha value is -2.27. The molecule has 2 heterocycles.